The van der Waals surface area contributed by atoms with Crippen molar-refractivity contribution in [1.82, 2.24) is 5.32 Å². The van der Waals surface area contributed by atoms with Crippen molar-refractivity contribution in [2.45, 2.75) is 12.8 Å². The first-order chi connectivity index (χ1) is 8.08. The molecule has 1 aliphatic rings. The van der Waals surface area contributed by atoms with Crippen LogP contribution < -0.4 is 5.32 Å². The number of aliphatic hydroxyl groups excluding tert-OH is 1. The number of carbonyl (C=O) groups excluding carboxylic acids is 1. The highest BCUT2D eigenvalue weighted by Gasteiger charge is 2.19. The lowest BCUT2D eigenvalue weighted by atomic mass is 10.0. The minimum Gasteiger partial charge on any atom is -0.510 e. The van der Waals surface area contributed by atoms with Gasteiger partial charge in [-0.1, -0.05) is 0 Å². The fraction of sp³-hybridized carbons (Fsp3) is 0.182. The van der Waals surface area contributed by atoms with E-state index in [0.717, 1.165) is 0 Å². The van der Waals surface area contributed by atoms with E-state index in [2.05, 4.69) is 5.32 Å². The van der Waals surface area contributed by atoms with Gasteiger partial charge >= 0.3 is 0 Å². The molecule has 0 spiro atoms. The molecule has 2 rings (SSSR count). The smallest absolute Gasteiger partial charge is 0.269 e. The van der Waals surface area contributed by atoms with Gasteiger partial charge in [0.2, 0.25) is 5.91 Å². The number of amides is 1. The Hall–Kier alpha value is -2.37. The number of non-ortho nitro benzene ring substituents is 1. The highest BCUT2D eigenvalue weighted by molar-refractivity contribution is 5.89. The molecule has 1 amide bonds. The molecule has 0 fully saturated rings. The van der Waals surface area contributed by atoms with Crippen molar-refractivity contribution in [1.29, 1.82) is 0 Å². The molecule has 1 aromatic rings. The van der Waals surface area contributed by atoms with Gasteiger partial charge in [-0.15, -0.1) is 0 Å². The van der Waals surface area contributed by atoms with Crippen LogP contribution in [-0.4, -0.2) is 15.9 Å². The topological polar surface area (TPSA) is 92.5 Å². The maximum atomic E-state index is 11.2. The number of hydrogen-bond acceptors (Lipinski definition) is 4. The molecule has 0 aliphatic carbocycles. The van der Waals surface area contributed by atoms with Crippen LogP contribution in [0.5, 0.6) is 0 Å². The van der Waals surface area contributed by atoms with E-state index in [-0.39, 0.29) is 30.2 Å². The van der Waals surface area contributed by atoms with Gasteiger partial charge in [0.25, 0.3) is 5.69 Å². The van der Waals surface area contributed by atoms with Gasteiger partial charge in [0, 0.05) is 30.5 Å². The molecule has 1 aliphatic heterocycles. The van der Waals surface area contributed by atoms with E-state index >= 15 is 0 Å². The molecule has 2 N–H and O–H groups in total. The summed E-state index contributed by atoms with van der Waals surface area (Å²) in [5, 5.41) is 22.7. The number of rotatable bonds is 2. The summed E-state index contributed by atoms with van der Waals surface area (Å²) in [6.07, 6.45) is 0.542. The van der Waals surface area contributed by atoms with Crippen molar-refractivity contribution in [3.63, 3.8) is 0 Å². The maximum Gasteiger partial charge on any atom is 0.269 e. The number of hydrogen-bond donors (Lipinski definition) is 2. The summed E-state index contributed by atoms with van der Waals surface area (Å²) < 4.78 is 0. The minimum absolute atomic E-state index is 0.0315. The Morgan fingerprint density at radius 3 is 2.47 bits per heavy atom. The van der Waals surface area contributed by atoms with Gasteiger partial charge in [0.05, 0.1) is 10.6 Å². The highest BCUT2D eigenvalue weighted by atomic mass is 16.6. The number of benzene rings is 1. The minimum atomic E-state index is -0.503. The highest BCUT2D eigenvalue weighted by Crippen LogP contribution is 2.23. The third kappa shape index (κ3) is 2.25. The predicted molar refractivity (Wildman–Crippen MR) is 60.0 cm³/mol. The number of carbonyl (C=O) groups is 1. The average Bonchev–Trinajstić information content (AvgIpc) is 2.32. The summed E-state index contributed by atoms with van der Waals surface area (Å²) in [6.45, 7) is 0. The Labute approximate surface area is 96.7 Å². The van der Waals surface area contributed by atoms with E-state index in [0.29, 0.717) is 11.3 Å². The summed E-state index contributed by atoms with van der Waals surface area (Å²) in [5.74, 6) is -0.0744. The lowest BCUT2D eigenvalue weighted by Gasteiger charge is -2.17. The van der Waals surface area contributed by atoms with Crippen LogP contribution in [0.1, 0.15) is 18.4 Å². The fourth-order valence-electron chi connectivity index (χ4n) is 1.62. The molecular weight excluding hydrogens is 224 g/mol. The number of nitro groups is 1. The number of aliphatic hydroxyl groups is 1. The average molecular weight is 234 g/mol. The molecule has 0 unspecified atom stereocenters. The molecule has 1 aromatic carbocycles. The largest absolute Gasteiger partial charge is 0.510 e. The second-order valence-corrected chi connectivity index (χ2v) is 3.67. The van der Waals surface area contributed by atoms with Crippen LogP contribution >= 0.6 is 0 Å². The second-order valence-electron chi connectivity index (χ2n) is 3.67. The van der Waals surface area contributed by atoms with Crippen molar-refractivity contribution in [3.8, 4) is 0 Å². The van der Waals surface area contributed by atoms with Crippen molar-refractivity contribution < 1.29 is 14.8 Å². The Morgan fingerprint density at radius 2 is 1.88 bits per heavy atom. The SMILES string of the molecule is O=C1CCC(O)=C(c2ccc([N+](=O)[O-])cc2)N1. The lowest BCUT2D eigenvalue weighted by Crippen LogP contribution is -2.27. The van der Waals surface area contributed by atoms with Crippen LogP contribution in [0.15, 0.2) is 30.0 Å². The summed E-state index contributed by atoms with van der Waals surface area (Å²) in [5.41, 5.74) is 0.855. The van der Waals surface area contributed by atoms with E-state index in [1.165, 1.54) is 24.3 Å². The third-order valence-corrected chi connectivity index (χ3v) is 2.51. The molecule has 6 nitrogen and oxygen atoms in total. The van der Waals surface area contributed by atoms with Gasteiger partial charge in [0.15, 0.2) is 0 Å². The third-order valence-electron chi connectivity index (χ3n) is 2.51. The molecular formula is C11H10N2O4. The second kappa shape index (κ2) is 4.25. The summed E-state index contributed by atoms with van der Waals surface area (Å²) in [7, 11) is 0. The van der Waals surface area contributed by atoms with Gasteiger partial charge < -0.3 is 10.4 Å². The molecule has 0 saturated carbocycles. The molecule has 6 heteroatoms. The number of nitrogens with zero attached hydrogens (tertiary/aromatic N) is 1. The molecule has 88 valence electrons. The van der Waals surface area contributed by atoms with E-state index < -0.39 is 4.92 Å². The Kier molecular flexibility index (Phi) is 2.78. The van der Waals surface area contributed by atoms with Crippen molar-refractivity contribution >= 4 is 17.3 Å². The van der Waals surface area contributed by atoms with Gasteiger partial charge in [-0.3, -0.25) is 14.9 Å². The van der Waals surface area contributed by atoms with Crippen LogP contribution in [0.2, 0.25) is 0 Å². The van der Waals surface area contributed by atoms with Crippen LogP contribution in [-0.2, 0) is 4.79 Å². The molecule has 0 saturated heterocycles. The molecule has 0 radical (unpaired) electrons. The number of nitro benzene ring substituents is 1. The van der Waals surface area contributed by atoms with Crippen LogP contribution in [0, 0.1) is 10.1 Å². The molecule has 0 bridgehead atoms. The Morgan fingerprint density at radius 1 is 1.24 bits per heavy atom. The summed E-state index contributed by atoms with van der Waals surface area (Å²) in [6, 6.07) is 5.65. The van der Waals surface area contributed by atoms with Crippen LogP contribution in [0.25, 0.3) is 5.70 Å². The first-order valence-corrected chi connectivity index (χ1v) is 5.04. The monoisotopic (exact) mass is 234 g/mol. The van der Waals surface area contributed by atoms with E-state index in [4.69, 9.17) is 0 Å². The number of allylic oxidation sites excluding steroid dienone is 1. The van der Waals surface area contributed by atoms with Crippen molar-refractivity contribution in [2.75, 3.05) is 0 Å². The molecule has 1 heterocycles. The number of nitrogens with one attached hydrogen (secondary N) is 1. The molecule has 17 heavy (non-hydrogen) atoms. The Balaban J connectivity index is 2.34. The Bertz CT molecular complexity index is 505. The zero-order chi connectivity index (χ0) is 12.4. The van der Waals surface area contributed by atoms with Crippen molar-refractivity contribution in [2.24, 2.45) is 0 Å². The quantitative estimate of drug-likeness (QED) is 0.602. The van der Waals surface area contributed by atoms with Gasteiger partial charge in [-0.2, -0.15) is 0 Å². The molecule has 0 atom stereocenters. The standard InChI is InChI=1S/C11H10N2O4/c14-9-5-6-10(15)12-11(9)7-1-3-8(4-2-7)13(16)17/h1-4,14H,5-6H2,(H,12,15). The van der Waals surface area contributed by atoms with Crippen molar-refractivity contribution in [3.05, 3.63) is 45.7 Å². The lowest BCUT2D eigenvalue weighted by molar-refractivity contribution is -0.384. The fourth-order valence-corrected chi connectivity index (χ4v) is 1.62. The van der Waals surface area contributed by atoms with E-state index in [1.807, 2.05) is 0 Å². The van der Waals surface area contributed by atoms with E-state index in [1.54, 1.807) is 0 Å². The van der Waals surface area contributed by atoms with E-state index in [9.17, 15) is 20.0 Å². The van der Waals surface area contributed by atoms with Gasteiger partial charge in [-0.05, 0) is 12.1 Å². The normalized spacial score (nSPS) is 15.6. The maximum absolute atomic E-state index is 11.2. The van der Waals surface area contributed by atoms with Gasteiger partial charge in [-0.25, -0.2) is 0 Å². The molecule has 0 aromatic heterocycles. The van der Waals surface area contributed by atoms with Crippen LogP contribution in [0.4, 0.5) is 5.69 Å². The zero-order valence-corrected chi connectivity index (χ0v) is 8.84. The summed E-state index contributed by atoms with van der Waals surface area (Å²) >= 11 is 0. The first kappa shape index (κ1) is 11.1. The van der Waals surface area contributed by atoms with Crippen LogP contribution in [0.3, 0.4) is 0 Å². The first-order valence-electron chi connectivity index (χ1n) is 5.04. The zero-order valence-electron chi connectivity index (χ0n) is 8.84. The summed E-state index contributed by atoms with van der Waals surface area (Å²) in [4.78, 5) is 21.2. The predicted octanol–water partition coefficient (Wildman–Crippen LogP) is 1.73. The van der Waals surface area contributed by atoms with Gasteiger partial charge in [0.1, 0.15) is 5.76 Å².